The van der Waals surface area contributed by atoms with E-state index in [0.717, 1.165) is 19.5 Å². The van der Waals surface area contributed by atoms with Gasteiger partial charge in [-0.15, -0.1) is 0 Å². The number of nitrogens with one attached hydrogen (secondary N) is 1. The summed E-state index contributed by atoms with van der Waals surface area (Å²) in [5, 5.41) is 3.14. The standard InChI is InChI=1S/C13H25N3O/c1-13(2)7-8-15(4)11(9-14-3)12(17)16(13)10-5-6-10/h10-11,14H,5-9H2,1-4H3. The van der Waals surface area contributed by atoms with Crippen molar-refractivity contribution in [2.24, 2.45) is 0 Å². The molecule has 1 amide bonds. The van der Waals surface area contributed by atoms with E-state index in [-0.39, 0.29) is 11.6 Å². The van der Waals surface area contributed by atoms with Gasteiger partial charge in [-0.3, -0.25) is 9.69 Å². The number of rotatable bonds is 3. The van der Waals surface area contributed by atoms with Crippen molar-refractivity contribution in [3.05, 3.63) is 0 Å². The van der Waals surface area contributed by atoms with Crippen LogP contribution in [0.25, 0.3) is 0 Å². The molecule has 2 fully saturated rings. The van der Waals surface area contributed by atoms with Crippen molar-refractivity contribution >= 4 is 5.91 Å². The fraction of sp³-hybridized carbons (Fsp3) is 0.923. The number of carbonyl (C=O) groups excluding carboxylic acids is 1. The molecule has 4 heteroatoms. The summed E-state index contributed by atoms with van der Waals surface area (Å²) in [4.78, 5) is 17.0. The van der Waals surface area contributed by atoms with E-state index in [4.69, 9.17) is 0 Å². The zero-order valence-electron chi connectivity index (χ0n) is 11.5. The number of carbonyl (C=O) groups is 1. The number of amides is 1. The molecule has 0 aromatic carbocycles. The molecule has 98 valence electrons. The quantitative estimate of drug-likeness (QED) is 0.786. The minimum Gasteiger partial charge on any atom is -0.333 e. The van der Waals surface area contributed by atoms with Crippen LogP contribution in [-0.2, 0) is 4.79 Å². The maximum atomic E-state index is 12.7. The summed E-state index contributed by atoms with van der Waals surface area (Å²) >= 11 is 0. The van der Waals surface area contributed by atoms with E-state index in [1.165, 1.54) is 12.8 Å². The van der Waals surface area contributed by atoms with Crippen LogP contribution in [0.4, 0.5) is 0 Å². The Bertz CT molecular complexity index is 299. The van der Waals surface area contributed by atoms with E-state index < -0.39 is 0 Å². The summed E-state index contributed by atoms with van der Waals surface area (Å²) in [5.41, 5.74) is 0.00893. The molecule has 1 heterocycles. The second kappa shape index (κ2) is 4.58. The van der Waals surface area contributed by atoms with E-state index in [2.05, 4.69) is 36.0 Å². The van der Waals surface area contributed by atoms with Crippen LogP contribution < -0.4 is 5.32 Å². The lowest BCUT2D eigenvalue weighted by Gasteiger charge is -2.38. The predicted molar refractivity (Wildman–Crippen MR) is 68.9 cm³/mol. The van der Waals surface area contributed by atoms with Gasteiger partial charge in [-0.2, -0.15) is 0 Å². The fourth-order valence-corrected chi connectivity index (χ4v) is 2.82. The molecule has 1 aliphatic heterocycles. The first-order valence-electron chi connectivity index (χ1n) is 6.65. The molecule has 2 aliphatic rings. The Morgan fingerprint density at radius 2 is 2.06 bits per heavy atom. The normalized spacial score (nSPS) is 30.5. The molecule has 1 atom stereocenters. The maximum Gasteiger partial charge on any atom is 0.241 e. The van der Waals surface area contributed by atoms with Gasteiger partial charge in [0.15, 0.2) is 0 Å². The van der Waals surface area contributed by atoms with Gasteiger partial charge in [-0.1, -0.05) is 0 Å². The first-order chi connectivity index (χ1) is 7.97. The number of nitrogens with zero attached hydrogens (tertiary/aromatic N) is 2. The second-order valence-corrected chi connectivity index (χ2v) is 6.06. The third-order valence-electron chi connectivity index (χ3n) is 4.09. The van der Waals surface area contributed by atoms with Gasteiger partial charge in [0, 0.05) is 24.7 Å². The molecule has 1 aliphatic carbocycles. The molecule has 0 aromatic rings. The van der Waals surface area contributed by atoms with Gasteiger partial charge in [0.25, 0.3) is 0 Å². The van der Waals surface area contributed by atoms with Crippen LogP contribution in [-0.4, -0.2) is 60.5 Å². The summed E-state index contributed by atoms with van der Waals surface area (Å²) in [7, 11) is 3.98. The number of hydrogen-bond acceptors (Lipinski definition) is 3. The molecule has 2 rings (SSSR count). The molecule has 1 saturated carbocycles. The summed E-state index contributed by atoms with van der Waals surface area (Å²) in [6, 6.07) is 0.505. The second-order valence-electron chi connectivity index (χ2n) is 6.06. The van der Waals surface area contributed by atoms with Crippen molar-refractivity contribution in [3.8, 4) is 0 Å². The van der Waals surface area contributed by atoms with Crippen molar-refractivity contribution in [2.75, 3.05) is 27.2 Å². The van der Waals surface area contributed by atoms with Crippen LogP contribution in [0.1, 0.15) is 33.1 Å². The topological polar surface area (TPSA) is 35.6 Å². The number of hydrogen-bond donors (Lipinski definition) is 1. The van der Waals surface area contributed by atoms with Gasteiger partial charge in [0.05, 0.1) is 0 Å². The summed E-state index contributed by atoms with van der Waals surface area (Å²) in [6.45, 7) is 6.15. The predicted octanol–water partition coefficient (Wildman–Crippen LogP) is 0.680. The lowest BCUT2D eigenvalue weighted by atomic mass is 9.98. The van der Waals surface area contributed by atoms with Crippen molar-refractivity contribution in [1.82, 2.24) is 15.1 Å². The molecule has 1 N–H and O–H groups in total. The molecule has 0 radical (unpaired) electrons. The van der Waals surface area contributed by atoms with Crippen LogP contribution in [0.15, 0.2) is 0 Å². The summed E-state index contributed by atoms with van der Waals surface area (Å²) in [5.74, 6) is 0.312. The third-order valence-corrected chi connectivity index (χ3v) is 4.09. The Hall–Kier alpha value is -0.610. The van der Waals surface area contributed by atoms with Gasteiger partial charge in [-0.05, 0) is 47.2 Å². The molecule has 17 heavy (non-hydrogen) atoms. The Kier molecular flexibility index (Phi) is 3.46. The molecule has 1 unspecified atom stereocenters. The van der Waals surface area contributed by atoms with Gasteiger partial charge in [0.1, 0.15) is 6.04 Å². The molecule has 4 nitrogen and oxygen atoms in total. The van der Waals surface area contributed by atoms with Crippen LogP contribution in [0.3, 0.4) is 0 Å². The lowest BCUT2D eigenvalue weighted by Crippen LogP contribution is -2.54. The lowest BCUT2D eigenvalue weighted by molar-refractivity contribution is -0.140. The zero-order chi connectivity index (χ0) is 12.6. The molecule has 0 bridgehead atoms. The van der Waals surface area contributed by atoms with Gasteiger partial charge in [-0.25, -0.2) is 0 Å². The highest BCUT2D eigenvalue weighted by Crippen LogP contribution is 2.36. The number of likely N-dealkylation sites (N-methyl/N-ethyl adjacent to an activating group) is 2. The molecular weight excluding hydrogens is 214 g/mol. The molecule has 1 saturated heterocycles. The van der Waals surface area contributed by atoms with Gasteiger partial charge in [0.2, 0.25) is 5.91 Å². The summed E-state index contributed by atoms with van der Waals surface area (Å²) in [6.07, 6.45) is 3.43. The van der Waals surface area contributed by atoms with Crippen LogP contribution >= 0.6 is 0 Å². The molecule has 0 aromatic heterocycles. The Balaban J connectivity index is 2.23. The van der Waals surface area contributed by atoms with Crippen molar-refractivity contribution in [2.45, 2.75) is 50.7 Å². The Labute approximate surface area is 104 Å². The Morgan fingerprint density at radius 1 is 1.41 bits per heavy atom. The van der Waals surface area contributed by atoms with Crippen molar-refractivity contribution < 1.29 is 4.79 Å². The van der Waals surface area contributed by atoms with Crippen LogP contribution in [0.2, 0.25) is 0 Å². The van der Waals surface area contributed by atoms with E-state index >= 15 is 0 Å². The zero-order valence-corrected chi connectivity index (χ0v) is 11.5. The first kappa shape index (κ1) is 12.8. The van der Waals surface area contributed by atoms with Crippen LogP contribution in [0.5, 0.6) is 0 Å². The van der Waals surface area contributed by atoms with Crippen LogP contribution in [0, 0.1) is 0 Å². The average Bonchev–Trinajstić information content (AvgIpc) is 3.05. The summed E-state index contributed by atoms with van der Waals surface area (Å²) < 4.78 is 0. The van der Waals surface area contributed by atoms with Crippen molar-refractivity contribution in [1.29, 1.82) is 0 Å². The highest BCUT2D eigenvalue weighted by Gasteiger charge is 2.46. The van der Waals surface area contributed by atoms with E-state index in [9.17, 15) is 4.79 Å². The highest BCUT2D eigenvalue weighted by molar-refractivity contribution is 5.83. The smallest absolute Gasteiger partial charge is 0.241 e. The minimum atomic E-state index is 0.00220. The molecular formula is C13H25N3O. The third kappa shape index (κ3) is 2.47. The Morgan fingerprint density at radius 3 is 2.59 bits per heavy atom. The monoisotopic (exact) mass is 239 g/mol. The average molecular weight is 239 g/mol. The minimum absolute atomic E-state index is 0.00220. The largest absolute Gasteiger partial charge is 0.333 e. The van der Waals surface area contributed by atoms with E-state index in [1.807, 2.05) is 7.05 Å². The first-order valence-corrected chi connectivity index (χ1v) is 6.65. The van der Waals surface area contributed by atoms with E-state index in [1.54, 1.807) is 0 Å². The maximum absolute atomic E-state index is 12.7. The van der Waals surface area contributed by atoms with Gasteiger partial charge < -0.3 is 10.2 Å². The highest BCUT2D eigenvalue weighted by atomic mass is 16.2. The van der Waals surface area contributed by atoms with Gasteiger partial charge >= 0.3 is 0 Å². The molecule has 0 spiro atoms. The van der Waals surface area contributed by atoms with E-state index in [0.29, 0.717) is 11.9 Å². The SMILES string of the molecule is CNCC1C(=O)N(C2CC2)C(C)(C)CCN1C. The fourth-order valence-electron chi connectivity index (χ4n) is 2.82. The van der Waals surface area contributed by atoms with Crippen molar-refractivity contribution in [3.63, 3.8) is 0 Å².